The maximum absolute atomic E-state index is 10.9. The molecule has 5 nitrogen and oxygen atoms in total. The summed E-state index contributed by atoms with van der Waals surface area (Å²) in [6, 6.07) is 0.200. The number of aliphatic carboxylic acids is 1. The second-order valence-electron chi connectivity index (χ2n) is 4.63. The Morgan fingerprint density at radius 2 is 2.24 bits per heavy atom. The first-order valence-electron chi connectivity index (χ1n) is 5.86. The lowest BCUT2D eigenvalue weighted by atomic mass is 10.1. The van der Waals surface area contributed by atoms with Gasteiger partial charge in [0.1, 0.15) is 5.82 Å². The number of nitrogens with zero attached hydrogens (tertiary/aromatic N) is 2. The van der Waals surface area contributed by atoms with Crippen LogP contribution in [0.25, 0.3) is 0 Å². The highest BCUT2D eigenvalue weighted by Crippen LogP contribution is 2.28. The van der Waals surface area contributed by atoms with E-state index in [1.54, 1.807) is 6.20 Å². The van der Waals surface area contributed by atoms with Gasteiger partial charge in [0, 0.05) is 12.2 Å². The summed E-state index contributed by atoms with van der Waals surface area (Å²) in [5.74, 6) is -0.132. The summed E-state index contributed by atoms with van der Waals surface area (Å²) in [7, 11) is 0. The van der Waals surface area contributed by atoms with Crippen molar-refractivity contribution in [1.29, 1.82) is 0 Å². The van der Waals surface area contributed by atoms with Crippen molar-refractivity contribution in [1.82, 2.24) is 9.97 Å². The summed E-state index contributed by atoms with van der Waals surface area (Å²) < 4.78 is 0. The van der Waals surface area contributed by atoms with Gasteiger partial charge in [-0.25, -0.2) is 4.98 Å². The van der Waals surface area contributed by atoms with E-state index in [1.807, 2.05) is 13.8 Å². The van der Waals surface area contributed by atoms with Gasteiger partial charge in [-0.2, -0.15) is 0 Å². The van der Waals surface area contributed by atoms with Gasteiger partial charge >= 0.3 is 5.97 Å². The number of hydrogen-bond donors (Lipinski definition) is 2. The van der Waals surface area contributed by atoms with Gasteiger partial charge in [-0.05, 0) is 33.1 Å². The monoisotopic (exact) mass is 235 g/mol. The topological polar surface area (TPSA) is 75.1 Å². The molecule has 0 aromatic carbocycles. The number of aryl methyl sites for hydroxylation is 2. The van der Waals surface area contributed by atoms with Crippen molar-refractivity contribution < 1.29 is 9.90 Å². The Hall–Kier alpha value is -1.65. The molecule has 1 saturated carbocycles. The molecule has 0 bridgehead atoms. The Morgan fingerprint density at radius 3 is 2.88 bits per heavy atom. The van der Waals surface area contributed by atoms with Crippen LogP contribution in [-0.2, 0) is 4.79 Å². The molecular formula is C12H17N3O2. The second kappa shape index (κ2) is 4.69. The van der Waals surface area contributed by atoms with Crippen molar-refractivity contribution in [3.63, 3.8) is 0 Å². The zero-order valence-corrected chi connectivity index (χ0v) is 10.1. The molecular weight excluding hydrogens is 218 g/mol. The van der Waals surface area contributed by atoms with Crippen LogP contribution in [0.15, 0.2) is 6.20 Å². The van der Waals surface area contributed by atoms with Crippen molar-refractivity contribution in [2.24, 2.45) is 5.92 Å². The van der Waals surface area contributed by atoms with Gasteiger partial charge in [0.25, 0.3) is 0 Å². The maximum Gasteiger partial charge on any atom is 0.306 e. The third-order valence-corrected chi connectivity index (χ3v) is 3.20. The minimum Gasteiger partial charge on any atom is -0.481 e. The average molecular weight is 235 g/mol. The average Bonchev–Trinajstić information content (AvgIpc) is 2.72. The lowest BCUT2D eigenvalue weighted by Crippen LogP contribution is -2.19. The van der Waals surface area contributed by atoms with E-state index in [0.29, 0.717) is 6.42 Å². The summed E-state index contributed by atoms with van der Waals surface area (Å²) in [5, 5.41) is 12.2. The van der Waals surface area contributed by atoms with Gasteiger partial charge in [-0.1, -0.05) is 0 Å². The quantitative estimate of drug-likeness (QED) is 0.835. The summed E-state index contributed by atoms with van der Waals surface area (Å²) in [6.07, 6.45) is 4.02. The summed E-state index contributed by atoms with van der Waals surface area (Å²) >= 11 is 0. The molecule has 92 valence electrons. The molecule has 5 heteroatoms. The molecule has 1 heterocycles. The third kappa shape index (κ3) is 2.72. The minimum absolute atomic E-state index is 0.200. The number of rotatable bonds is 3. The predicted octanol–water partition coefficient (Wildman–Crippen LogP) is 1.76. The lowest BCUT2D eigenvalue weighted by Gasteiger charge is -2.14. The summed E-state index contributed by atoms with van der Waals surface area (Å²) in [6.45, 7) is 3.80. The summed E-state index contributed by atoms with van der Waals surface area (Å²) in [5.41, 5.74) is 1.72. The molecule has 2 rings (SSSR count). The smallest absolute Gasteiger partial charge is 0.306 e. The fourth-order valence-corrected chi connectivity index (χ4v) is 2.20. The zero-order chi connectivity index (χ0) is 12.4. The standard InChI is InChI=1S/C12H17N3O2/c1-7-6-13-8(2)11(14-7)15-10-4-3-9(5-10)12(16)17/h6,9-10H,3-5H2,1-2H3,(H,14,15)(H,16,17)/t9-,10+/m1/s1. The van der Waals surface area contributed by atoms with Gasteiger partial charge in [0.05, 0.1) is 17.3 Å². The molecule has 0 aliphatic heterocycles. The van der Waals surface area contributed by atoms with Crippen LogP contribution in [0.4, 0.5) is 5.82 Å². The number of anilines is 1. The number of carbonyl (C=O) groups is 1. The van der Waals surface area contributed by atoms with Crippen molar-refractivity contribution in [3.8, 4) is 0 Å². The van der Waals surface area contributed by atoms with Gasteiger partial charge < -0.3 is 10.4 Å². The molecule has 1 aromatic heterocycles. The van der Waals surface area contributed by atoms with E-state index in [1.165, 1.54) is 0 Å². The molecule has 1 aliphatic rings. The van der Waals surface area contributed by atoms with E-state index >= 15 is 0 Å². The highest BCUT2D eigenvalue weighted by Gasteiger charge is 2.30. The van der Waals surface area contributed by atoms with Gasteiger partial charge in [0.2, 0.25) is 0 Å². The molecule has 2 N–H and O–H groups in total. The maximum atomic E-state index is 10.9. The van der Waals surface area contributed by atoms with Gasteiger partial charge in [-0.3, -0.25) is 9.78 Å². The largest absolute Gasteiger partial charge is 0.481 e. The Kier molecular flexibility index (Phi) is 3.26. The Morgan fingerprint density at radius 1 is 1.47 bits per heavy atom. The van der Waals surface area contributed by atoms with Crippen LogP contribution in [0.1, 0.15) is 30.7 Å². The number of carboxylic acid groups (broad SMARTS) is 1. The van der Waals surface area contributed by atoms with Gasteiger partial charge in [-0.15, -0.1) is 0 Å². The van der Waals surface area contributed by atoms with Crippen LogP contribution in [0, 0.1) is 19.8 Å². The molecule has 0 spiro atoms. The van der Waals surface area contributed by atoms with Crippen LogP contribution in [0.5, 0.6) is 0 Å². The first-order valence-corrected chi connectivity index (χ1v) is 5.86. The van der Waals surface area contributed by atoms with Crippen LogP contribution < -0.4 is 5.32 Å². The fourth-order valence-electron chi connectivity index (χ4n) is 2.20. The van der Waals surface area contributed by atoms with Crippen molar-refractivity contribution in [3.05, 3.63) is 17.6 Å². The highest BCUT2D eigenvalue weighted by atomic mass is 16.4. The SMILES string of the molecule is Cc1cnc(C)c(N[C@H]2CC[C@@H](C(=O)O)C2)n1. The van der Waals surface area contributed by atoms with E-state index in [9.17, 15) is 4.79 Å². The number of hydrogen-bond acceptors (Lipinski definition) is 4. The van der Waals surface area contributed by atoms with Gasteiger partial charge in [0.15, 0.2) is 0 Å². The molecule has 17 heavy (non-hydrogen) atoms. The fraction of sp³-hybridized carbons (Fsp3) is 0.583. The molecule has 0 saturated heterocycles. The van der Waals surface area contributed by atoms with Crippen molar-refractivity contribution >= 4 is 11.8 Å². The van der Waals surface area contributed by atoms with Crippen LogP contribution in [0.3, 0.4) is 0 Å². The molecule has 0 unspecified atom stereocenters. The molecule has 2 atom stereocenters. The normalized spacial score (nSPS) is 23.6. The second-order valence-corrected chi connectivity index (χ2v) is 4.63. The van der Waals surface area contributed by atoms with E-state index < -0.39 is 5.97 Å². The molecule has 1 aliphatic carbocycles. The summed E-state index contributed by atoms with van der Waals surface area (Å²) in [4.78, 5) is 19.5. The Labute approximate surface area is 100 Å². The van der Waals surface area contributed by atoms with Crippen LogP contribution in [0.2, 0.25) is 0 Å². The van der Waals surface area contributed by atoms with E-state index in [-0.39, 0.29) is 12.0 Å². The Balaban J connectivity index is 2.02. The molecule has 0 radical (unpaired) electrons. The predicted molar refractivity (Wildman–Crippen MR) is 63.9 cm³/mol. The van der Waals surface area contributed by atoms with Crippen LogP contribution >= 0.6 is 0 Å². The lowest BCUT2D eigenvalue weighted by molar-refractivity contribution is -0.141. The van der Waals surface area contributed by atoms with E-state index in [2.05, 4.69) is 15.3 Å². The Bertz CT molecular complexity index is 434. The third-order valence-electron chi connectivity index (χ3n) is 3.20. The number of carboxylic acids is 1. The van der Waals surface area contributed by atoms with Crippen LogP contribution in [-0.4, -0.2) is 27.1 Å². The number of nitrogens with one attached hydrogen (secondary N) is 1. The van der Waals surface area contributed by atoms with E-state index in [0.717, 1.165) is 30.0 Å². The zero-order valence-electron chi connectivity index (χ0n) is 10.1. The first kappa shape index (κ1) is 11.8. The number of aromatic nitrogens is 2. The first-order chi connectivity index (χ1) is 8.06. The van der Waals surface area contributed by atoms with E-state index in [4.69, 9.17) is 5.11 Å². The molecule has 0 amide bonds. The van der Waals surface area contributed by atoms with Crippen molar-refractivity contribution in [2.75, 3.05) is 5.32 Å². The van der Waals surface area contributed by atoms with Crippen molar-refractivity contribution in [2.45, 2.75) is 39.2 Å². The minimum atomic E-state index is -0.693. The highest BCUT2D eigenvalue weighted by molar-refractivity contribution is 5.70. The molecule has 1 fully saturated rings. The molecule has 1 aromatic rings.